The van der Waals surface area contributed by atoms with Crippen molar-refractivity contribution in [3.05, 3.63) is 65.5 Å². The van der Waals surface area contributed by atoms with E-state index in [-0.39, 0.29) is 18.0 Å². The highest BCUT2D eigenvalue weighted by atomic mass is 32.2. The van der Waals surface area contributed by atoms with Crippen molar-refractivity contribution >= 4 is 16.0 Å². The van der Waals surface area contributed by atoms with Gasteiger partial charge in [0.15, 0.2) is 5.96 Å². The van der Waals surface area contributed by atoms with Gasteiger partial charge in [0.25, 0.3) is 0 Å². The molecule has 6 nitrogen and oxygen atoms in total. The molecule has 0 spiro atoms. The second-order valence-electron chi connectivity index (χ2n) is 5.73. The largest absolute Gasteiger partial charge is 0.370 e. The molecule has 0 unspecified atom stereocenters. The van der Waals surface area contributed by atoms with E-state index >= 15 is 0 Å². The van der Waals surface area contributed by atoms with E-state index < -0.39 is 15.8 Å². The summed E-state index contributed by atoms with van der Waals surface area (Å²) in [6.45, 7) is 3.03. The van der Waals surface area contributed by atoms with Crippen molar-refractivity contribution in [2.75, 3.05) is 6.54 Å². The summed E-state index contributed by atoms with van der Waals surface area (Å²) in [4.78, 5) is 4.31. The van der Waals surface area contributed by atoms with Crippen molar-refractivity contribution in [3.8, 4) is 0 Å². The molecule has 0 radical (unpaired) electrons. The highest BCUT2D eigenvalue weighted by Gasteiger charge is 2.14. The van der Waals surface area contributed by atoms with Crippen LogP contribution in [-0.4, -0.2) is 20.9 Å². The summed E-state index contributed by atoms with van der Waals surface area (Å²) in [6, 6.07) is 12.3. The van der Waals surface area contributed by atoms with Crippen LogP contribution in [0.15, 0.2) is 58.4 Å². The van der Waals surface area contributed by atoms with Gasteiger partial charge in [-0.1, -0.05) is 31.2 Å². The molecule has 0 saturated carbocycles. The van der Waals surface area contributed by atoms with Gasteiger partial charge in [-0.2, -0.15) is 0 Å². The zero-order valence-corrected chi connectivity index (χ0v) is 15.4. The molecular weight excluding hydrogens is 355 g/mol. The Morgan fingerprint density at radius 1 is 1.15 bits per heavy atom. The molecule has 8 heteroatoms. The van der Waals surface area contributed by atoms with E-state index in [9.17, 15) is 12.8 Å². The maximum Gasteiger partial charge on any atom is 0.240 e. The third-order valence-corrected chi connectivity index (χ3v) is 4.95. The molecule has 0 aliphatic carbocycles. The molecule has 0 saturated heterocycles. The summed E-state index contributed by atoms with van der Waals surface area (Å²) in [5, 5.41) is 2.96. The molecule has 0 aliphatic rings. The second-order valence-corrected chi connectivity index (χ2v) is 7.50. The molecule has 4 N–H and O–H groups in total. The average molecular weight is 378 g/mol. The van der Waals surface area contributed by atoms with Crippen LogP contribution in [-0.2, 0) is 23.1 Å². The molecule has 26 heavy (non-hydrogen) atoms. The van der Waals surface area contributed by atoms with Crippen LogP contribution in [0.3, 0.4) is 0 Å². The highest BCUT2D eigenvalue weighted by Crippen LogP contribution is 2.13. The number of halogens is 1. The molecule has 0 atom stereocenters. The Morgan fingerprint density at radius 2 is 1.88 bits per heavy atom. The maximum atomic E-state index is 13.2. The number of hydrogen-bond acceptors (Lipinski definition) is 3. The SMILES string of the molecule is CCCNC(N)=NCc1cccc(S(=O)(=O)NCc2cccc(F)c2)c1. The van der Waals surface area contributed by atoms with Crippen LogP contribution in [0.1, 0.15) is 24.5 Å². The minimum absolute atomic E-state index is 0.0103. The minimum Gasteiger partial charge on any atom is -0.370 e. The fraction of sp³-hybridized carbons (Fsp3) is 0.278. The van der Waals surface area contributed by atoms with E-state index in [4.69, 9.17) is 5.73 Å². The third-order valence-electron chi connectivity index (χ3n) is 3.55. The first-order chi connectivity index (χ1) is 12.4. The Morgan fingerprint density at radius 3 is 2.62 bits per heavy atom. The number of aliphatic imine (C=N–C) groups is 1. The number of nitrogens with zero attached hydrogens (tertiary/aromatic N) is 1. The lowest BCUT2D eigenvalue weighted by Gasteiger charge is -2.08. The van der Waals surface area contributed by atoms with Gasteiger partial charge in [0, 0.05) is 13.1 Å². The van der Waals surface area contributed by atoms with Gasteiger partial charge in [0.05, 0.1) is 11.4 Å². The van der Waals surface area contributed by atoms with Crippen LogP contribution in [0, 0.1) is 5.82 Å². The molecule has 0 heterocycles. The van der Waals surface area contributed by atoms with E-state index in [1.807, 2.05) is 6.92 Å². The summed E-state index contributed by atoms with van der Waals surface area (Å²) in [6.07, 6.45) is 0.931. The Hall–Kier alpha value is -2.45. The molecule has 0 aliphatic heterocycles. The minimum atomic E-state index is -3.71. The molecule has 0 amide bonds. The second kappa shape index (κ2) is 9.30. The quantitative estimate of drug-likeness (QED) is 0.484. The van der Waals surface area contributed by atoms with Gasteiger partial charge in [-0.05, 0) is 41.8 Å². The molecule has 2 aromatic carbocycles. The van der Waals surface area contributed by atoms with E-state index in [1.54, 1.807) is 24.3 Å². The van der Waals surface area contributed by atoms with Crippen molar-refractivity contribution in [1.82, 2.24) is 10.0 Å². The van der Waals surface area contributed by atoms with E-state index in [0.29, 0.717) is 11.5 Å². The van der Waals surface area contributed by atoms with Gasteiger partial charge in [-0.25, -0.2) is 22.5 Å². The van der Waals surface area contributed by atoms with Gasteiger partial charge in [-0.3, -0.25) is 0 Å². The Bertz CT molecular complexity index is 869. The zero-order valence-electron chi connectivity index (χ0n) is 14.6. The molecule has 2 aromatic rings. The molecule has 0 bridgehead atoms. The smallest absolute Gasteiger partial charge is 0.240 e. The molecule has 0 fully saturated rings. The summed E-state index contributed by atoms with van der Waals surface area (Å²) in [7, 11) is -3.71. The fourth-order valence-electron chi connectivity index (χ4n) is 2.21. The first-order valence-corrected chi connectivity index (χ1v) is 9.76. The monoisotopic (exact) mass is 378 g/mol. The van der Waals surface area contributed by atoms with Crippen molar-refractivity contribution in [2.24, 2.45) is 10.7 Å². The lowest BCUT2D eigenvalue weighted by atomic mass is 10.2. The molecule has 2 rings (SSSR count). The van der Waals surface area contributed by atoms with Crippen molar-refractivity contribution < 1.29 is 12.8 Å². The first kappa shape index (κ1) is 19.9. The van der Waals surface area contributed by atoms with Gasteiger partial charge in [0.1, 0.15) is 5.82 Å². The highest BCUT2D eigenvalue weighted by molar-refractivity contribution is 7.89. The number of nitrogens with two attached hydrogens (primary N) is 1. The van der Waals surface area contributed by atoms with Gasteiger partial charge >= 0.3 is 0 Å². The lowest BCUT2D eigenvalue weighted by Crippen LogP contribution is -2.32. The van der Waals surface area contributed by atoms with Crippen molar-refractivity contribution in [3.63, 3.8) is 0 Å². The standard InChI is InChI=1S/C18H23FN4O2S/c1-2-9-21-18(20)22-12-15-6-4-8-17(11-15)26(24,25)23-13-14-5-3-7-16(19)10-14/h3-8,10-11,23H,2,9,12-13H2,1H3,(H3,20,21,22). The van der Waals surface area contributed by atoms with Gasteiger partial charge in [-0.15, -0.1) is 0 Å². The third kappa shape index (κ3) is 6.12. The van der Waals surface area contributed by atoms with Crippen molar-refractivity contribution in [2.45, 2.75) is 31.3 Å². The van der Waals surface area contributed by atoms with Crippen LogP contribution in [0.25, 0.3) is 0 Å². The van der Waals surface area contributed by atoms with E-state index in [1.165, 1.54) is 24.3 Å². The Kier molecular flexibility index (Phi) is 7.11. The van der Waals surface area contributed by atoms with Crippen LogP contribution in [0.5, 0.6) is 0 Å². The van der Waals surface area contributed by atoms with Crippen LogP contribution in [0.4, 0.5) is 4.39 Å². The summed E-state index contributed by atoms with van der Waals surface area (Å²) >= 11 is 0. The Balaban J connectivity index is 2.05. The molecular formula is C18H23FN4O2S. The number of nitrogens with one attached hydrogen (secondary N) is 2. The number of hydrogen-bond donors (Lipinski definition) is 3. The van der Waals surface area contributed by atoms with E-state index in [2.05, 4.69) is 15.0 Å². The number of guanidine groups is 1. The maximum absolute atomic E-state index is 13.2. The lowest BCUT2D eigenvalue weighted by molar-refractivity contribution is 0.580. The number of benzene rings is 2. The van der Waals surface area contributed by atoms with Crippen LogP contribution < -0.4 is 15.8 Å². The molecule has 140 valence electrons. The van der Waals surface area contributed by atoms with Gasteiger partial charge in [0.2, 0.25) is 10.0 Å². The summed E-state index contributed by atoms with van der Waals surface area (Å²) in [5.74, 6) is -0.0832. The zero-order chi connectivity index (χ0) is 19.0. The normalized spacial score (nSPS) is 12.2. The molecule has 0 aromatic heterocycles. The summed E-state index contributed by atoms with van der Waals surface area (Å²) < 4.78 is 40.5. The topological polar surface area (TPSA) is 96.6 Å². The fourth-order valence-corrected chi connectivity index (χ4v) is 3.29. The van der Waals surface area contributed by atoms with Crippen LogP contribution >= 0.6 is 0 Å². The number of rotatable bonds is 8. The first-order valence-electron chi connectivity index (χ1n) is 8.27. The van der Waals surface area contributed by atoms with Crippen molar-refractivity contribution in [1.29, 1.82) is 0 Å². The van der Waals surface area contributed by atoms with E-state index in [0.717, 1.165) is 18.5 Å². The predicted octanol–water partition coefficient (Wildman–Crippen LogP) is 2.12. The predicted molar refractivity (Wildman–Crippen MR) is 100 cm³/mol. The average Bonchev–Trinajstić information content (AvgIpc) is 2.63. The Labute approximate surface area is 153 Å². The van der Waals surface area contributed by atoms with Gasteiger partial charge < -0.3 is 11.1 Å². The summed E-state index contributed by atoms with van der Waals surface area (Å²) in [5.41, 5.74) is 7.00. The number of sulfonamides is 1. The van der Waals surface area contributed by atoms with Crippen LogP contribution in [0.2, 0.25) is 0 Å².